The summed E-state index contributed by atoms with van der Waals surface area (Å²) < 4.78 is 5.75. The van der Waals surface area contributed by atoms with Gasteiger partial charge in [0.25, 0.3) is 5.91 Å². The monoisotopic (exact) mass is 412 g/mol. The number of aromatic nitrogens is 1. The average molecular weight is 412 g/mol. The zero-order valence-electron chi connectivity index (χ0n) is 17.0. The quantitative estimate of drug-likeness (QED) is 0.614. The zero-order chi connectivity index (χ0) is 21.3. The van der Waals surface area contributed by atoms with Gasteiger partial charge in [-0.3, -0.25) is 14.6 Å². The lowest BCUT2D eigenvalue weighted by Gasteiger charge is -2.36. The van der Waals surface area contributed by atoms with Crippen molar-refractivity contribution < 1.29 is 24.5 Å². The van der Waals surface area contributed by atoms with Gasteiger partial charge in [-0.2, -0.15) is 0 Å². The van der Waals surface area contributed by atoms with Crippen LogP contribution < -0.4 is 4.74 Å². The second-order valence-electron chi connectivity index (χ2n) is 7.42. The van der Waals surface area contributed by atoms with Crippen LogP contribution in [0, 0.1) is 0 Å². The number of hydrogen-bond donors (Lipinski definition) is 2. The Morgan fingerprint density at radius 2 is 2.13 bits per heavy atom. The number of carbonyl (C=O) groups is 2. The maximum atomic E-state index is 13.3. The van der Waals surface area contributed by atoms with Crippen LogP contribution in [0.1, 0.15) is 58.5 Å². The first-order valence-electron chi connectivity index (χ1n) is 10.4. The highest BCUT2D eigenvalue weighted by molar-refractivity contribution is 5.95. The Hall–Kier alpha value is -2.93. The fourth-order valence-electron chi connectivity index (χ4n) is 3.88. The molecule has 1 aromatic carbocycles. The van der Waals surface area contributed by atoms with E-state index in [4.69, 9.17) is 9.84 Å². The Bertz CT molecular complexity index is 870. The van der Waals surface area contributed by atoms with Crippen LogP contribution in [0.3, 0.4) is 0 Å². The lowest BCUT2D eigenvalue weighted by Crippen LogP contribution is -2.44. The predicted octanol–water partition coefficient (Wildman–Crippen LogP) is 2.99. The van der Waals surface area contributed by atoms with Gasteiger partial charge in [-0.15, -0.1) is 0 Å². The number of amides is 1. The molecule has 1 amide bonds. The third-order valence-electron chi connectivity index (χ3n) is 5.45. The molecular formula is C23H28N2O5. The molecule has 1 aromatic heterocycles. The van der Waals surface area contributed by atoms with Gasteiger partial charge in [0.15, 0.2) is 6.29 Å². The molecule has 0 spiro atoms. The van der Waals surface area contributed by atoms with Crippen molar-refractivity contribution >= 4 is 12.2 Å². The molecule has 2 N–H and O–H groups in total. The summed E-state index contributed by atoms with van der Waals surface area (Å²) in [5.74, 6) is 0.202. The van der Waals surface area contributed by atoms with Crippen LogP contribution in [0.4, 0.5) is 0 Å². The van der Waals surface area contributed by atoms with Gasteiger partial charge in [-0.05, 0) is 56.4 Å². The lowest BCUT2D eigenvalue weighted by molar-refractivity contribution is 0.0578. The van der Waals surface area contributed by atoms with Crippen LogP contribution in [-0.4, -0.2) is 58.1 Å². The van der Waals surface area contributed by atoms with E-state index in [1.165, 1.54) is 6.07 Å². The molecule has 1 aliphatic rings. The summed E-state index contributed by atoms with van der Waals surface area (Å²) in [6, 6.07) is 8.32. The fraction of sp³-hybridized carbons (Fsp3) is 0.435. The van der Waals surface area contributed by atoms with Gasteiger partial charge in [0.1, 0.15) is 11.5 Å². The molecule has 160 valence electrons. The molecule has 7 nitrogen and oxygen atoms in total. The molecule has 1 atom stereocenters. The number of ether oxygens (including phenoxy) is 1. The minimum absolute atomic E-state index is 0.0355. The molecule has 3 rings (SSSR count). The minimum atomic E-state index is -0.107. The molecule has 30 heavy (non-hydrogen) atoms. The lowest BCUT2D eigenvalue weighted by atomic mass is 9.97. The summed E-state index contributed by atoms with van der Waals surface area (Å²) in [5, 5.41) is 18.9. The summed E-state index contributed by atoms with van der Waals surface area (Å²) in [6.07, 6.45) is 6.90. The molecule has 2 aromatic rings. The number of aryl methyl sites for hydroxylation is 1. The number of piperidine rings is 1. The number of aromatic hydroxyl groups is 1. The molecule has 0 radical (unpaired) electrons. The van der Waals surface area contributed by atoms with E-state index in [9.17, 15) is 14.7 Å². The Morgan fingerprint density at radius 1 is 1.27 bits per heavy atom. The van der Waals surface area contributed by atoms with E-state index in [0.29, 0.717) is 55.7 Å². The third kappa shape index (κ3) is 5.16. The number of nitrogens with zero attached hydrogens (tertiary/aromatic N) is 2. The maximum absolute atomic E-state index is 13.3. The number of aldehydes is 1. The Kier molecular flexibility index (Phi) is 7.79. The van der Waals surface area contributed by atoms with Crippen molar-refractivity contribution in [3.8, 4) is 11.5 Å². The number of rotatable bonds is 9. The number of phenolic OH excluding ortho intramolecular Hbond substituents is 1. The first-order valence-corrected chi connectivity index (χ1v) is 10.4. The van der Waals surface area contributed by atoms with Gasteiger partial charge in [0, 0.05) is 31.8 Å². The van der Waals surface area contributed by atoms with Crippen LogP contribution >= 0.6 is 0 Å². The number of benzene rings is 1. The summed E-state index contributed by atoms with van der Waals surface area (Å²) in [5.41, 5.74) is 1.44. The molecule has 1 saturated heterocycles. The van der Waals surface area contributed by atoms with Crippen molar-refractivity contribution in [2.75, 3.05) is 19.8 Å². The van der Waals surface area contributed by atoms with Crippen LogP contribution in [0.2, 0.25) is 0 Å². The minimum Gasteiger partial charge on any atom is -0.507 e. The van der Waals surface area contributed by atoms with Crippen molar-refractivity contribution in [2.45, 2.75) is 44.6 Å². The van der Waals surface area contributed by atoms with Gasteiger partial charge in [0.05, 0.1) is 23.4 Å². The molecule has 0 unspecified atom stereocenters. The molecule has 1 aliphatic heterocycles. The molecule has 0 aliphatic carbocycles. The van der Waals surface area contributed by atoms with Gasteiger partial charge >= 0.3 is 0 Å². The summed E-state index contributed by atoms with van der Waals surface area (Å²) in [7, 11) is 0. The second kappa shape index (κ2) is 10.7. The first kappa shape index (κ1) is 21.8. The topological polar surface area (TPSA) is 100.0 Å². The second-order valence-corrected chi connectivity index (χ2v) is 7.42. The summed E-state index contributed by atoms with van der Waals surface area (Å²) in [6.45, 7) is 1.08. The van der Waals surface area contributed by atoms with Crippen molar-refractivity contribution in [3.63, 3.8) is 0 Å². The van der Waals surface area contributed by atoms with Crippen molar-refractivity contribution in [2.24, 2.45) is 0 Å². The standard InChI is InChI=1S/C23H28N2O5/c26-14-5-8-20-18(7-4-12-24-20)23(29)25-13-2-1-6-17(25)11-15-30-22-10-3-9-21(28)19(22)16-27/h3-4,7,9-10,12,16-17,26,28H,1-2,5-6,8,11,13-15H2/t17-/m0/s1. The zero-order valence-corrected chi connectivity index (χ0v) is 17.0. The Morgan fingerprint density at radius 3 is 2.93 bits per heavy atom. The Labute approximate surface area is 176 Å². The van der Waals surface area contributed by atoms with Crippen molar-refractivity contribution in [3.05, 3.63) is 53.3 Å². The van der Waals surface area contributed by atoms with Crippen LogP contribution in [0.25, 0.3) is 0 Å². The van der Waals surface area contributed by atoms with E-state index >= 15 is 0 Å². The fourth-order valence-corrected chi connectivity index (χ4v) is 3.88. The molecule has 0 saturated carbocycles. The van der Waals surface area contributed by atoms with E-state index in [1.54, 1.807) is 30.5 Å². The predicted molar refractivity (Wildman–Crippen MR) is 112 cm³/mol. The molecule has 2 heterocycles. The van der Waals surface area contributed by atoms with Crippen LogP contribution in [0.5, 0.6) is 11.5 Å². The van der Waals surface area contributed by atoms with E-state index in [1.807, 2.05) is 4.90 Å². The van der Waals surface area contributed by atoms with Gasteiger partial charge in [-0.25, -0.2) is 0 Å². The SMILES string of the molecule is O=Cc1c(O)cccc1OCC[C@@H]1CCCCN1C(=O)c1cccnc1CCCO. The molecular weight excluding hydrogens is 384 g/mol. The van der Waals surface area contributed by atoms with E-state index < -0.39 is 0 Å². The number of pyridine rings is 1. The van der Waals surface area contributed by atoms with Crippen LogP contribution in [-0.2, 0) is 6.42 Å². The van der Waals surface area contributed by atoms with Crippen molar-refractivity contribution in [1.29, 1.82) is 0 Å². The smallest absolute Gasteiger partial charge is 0.255 e. The highest BCUT2D eigenvalue weighted by Crippen LogP contribution is 2.27. The summed E-state index contributed by atoms with van der Waals surface area (Å²) >= 11 is 0. The molecule has 1 fully saturated rings. The third-order valence-corrected chi connectivity index (χ3v) is 5.45. The number of aliphatic hydroxyl groups is 1. The average Bonchev–Trinajstić information content (AvgIpc) is 2.78. The number of hydrogen-bond acceptors (Lipinski definition) is 6. The Balaban J connectivity index is 1.68. The first-order chi connectivity index (χ1) is 14.7. The largest absolute Gasteiger partial charge is 0.507 e. The number of aliphatic hydroxyl groups excluding tert-OH is 1. The maximum Gasteiger partial charge on any atom is 0.255 e. The van der Waals surface area contributed by atoms with E-state index in [2.05, 4.69) is 4.98 Å². The highest BCUT2D eigenvalue weighted by Gasteiger charge is 2.29. The summed E-state index contributed by atoms with van der Waals surface area (Å²) in [4.78, 5) is 30.7. The highest BCUT2D eigenvalue weighted by atomic mass is 16.5. The van der Waals surface area contributed by atoms with Gasteiger partial charge in [0.2, 0.25) is 0 Å². The normalized spacial score (nSPS) is 16.3. The number of likely N-dealkylation sites (tertiary alicyclic amines) is 1. The molecule has 0 bridgehead atoms. The van der Waals surface area contributed by atoms with Crippen molar-refractivity contribution in [1.82, 2.24) is 9.88 Å². The number of phenols is 1. The number of carbonyl (C=O) groups excluding carboxylic acids is 2. The van der Waals surface area contributed by atoms with Gasteiger partial charge in [-0.1, -0.05) is 6.07 Å². The van der Waals surface area contributed by atoms with Crippen LogP contribution in [0.15, 0.2) is 36.5 Å². The molecule has 7 heteroatoms. The van der Waals surface area contributed by atoms with E-state index in [0.717, 1.165) is 19.3 Å². The van der Waals surface area contributed by atoms with Gasteiger partial charge < -0.3 is 19.8 Å². The van der Waals surface area contributed by atoms with E-state index in [-0.39, 0.29) is 29.9 Å².